The van der Waals surface area contributed by atoms with Gasteiger partial charge in [0.05, 0.1) is 5.69 Å². The second kappa shape index (κ2) is 6.91. The average molecular weight is 325 g/mol. The summed E-state index contributed by atoms with van der Waals surface area (Å²) in [6.07, 6.45) is 0. The zero-order chi connectivity index (χ0) is 16.9. The molecule has 3 aromatic carbocycles. The van der Waals surface area contributed by atoms with E-state index in [1.54, 1.807) is 36.4 Å². The molecule has 0 spiro atoms. The lowest BCUT2D eigenvalue weighted by Gasteiger charge is -2.09. The third-order valence-electron chi connectivity index (χ3n) is 3.25. The van der Waals surface area contributed by atoms with Gasteiger partial charge in [0.25, 0.3) is 5.91 Å². The Balaban J connectivity index is 1.77. The summed E-state index contributed by atoms with van der Waals surface area (Å²) in [7, 11) is 0. The molecule has 24 heavy (non-hydrogen) atoms. The minimum Gasteiger partial charge on any atom is -0.457 e. The number of anilines is 1. The normalized spacial score (nSPS) is 10.2. The smallest absolute Gasteiger partial charge is 0.255 e. The Hall–Kier alpha value is -3.21. The fourth-order valence-electron chi connectivity index (χ4n) is 2.11. The van der Waals surface area contributed by atoms with E-state index in [1.165, 1.54) is 6.07 Å². The molecule has 0 saturated heterocycles. The number of para-hydroxylation sites is 1. The molecule has 1 amide bonds. The Morgan fingerprint density at radius 1 is 0.833 bits per heavy atom. The van der Waals surface area contributed by atoms with Gasteiger partial charge in [-0.1, -0.05) is 24.3 Å². The molecular weight excluding hydrogens is 312 g/mol. The Morgan fingerprint density at radius 2 is 1.58 bits per heavy atom. The van der Waals surface area contributed by atoms with Crippen LogP contribution in [0.4, 0.5) is 14.5 Å². The highest BCUT2D eigenvalue weighted by molar-refractivity contribution is 6.04. The number of ether oxygens (including phenoxy) is 1. The van der Waals surface area contributed by atoms with Gasteiger partial charge in [-0.15, -0.1) is 0 Å². The van der Waals surface area contributed by atoms with E-state index in [4.69, 9.17) is 4.74 Å². The first-order chi connectivity index (χ1) is 11.6. The summed E-state index contributed by atoms with van der Waals surface area (Å²) < 4.78 is 32.2. The predicted molar refractivity (Wildman–Crippen MR) is 87.3 cm³/mol. The van der Waals surface area contributed by atoms with Crippen LogP contribution < -0.4 is 10.1 Å². The predicted octanol–water partition coefficient (Wildman–Crippen LogP) is 5.01. The van der Waals surface area contributed by atoms with Crippen molar-refractivity contribution in [1.82, 2.24) is 0 Å². The van der Waals surface area contributed by atoms with Crippen molar-refractivity contribution in [3.05, 3.63) is 90.0 Å². The quantitative estimate of drug-likeness (QED) is 0.732. The Labute approximate surface area is 137 Å². The first kappa shape index (κ1) is 15.7. The van der Waals surface area contributed by atoms with Gasteiger partial charge in [0, 0.05) is 11.6 Å². The van der Waals surface area contributed by atoms with Crippen molar-refractivity contribution in [2.75, 3.05) is 5.32 Å². The van der Waals surface area contributed by atoms with Gasteiger partial charge in [-0.25, -0.2) is 8.78 Å². The van der Waals surface area contributed by atoms with Crippen LogP contribution in [0.1, 0.15) is 10.4 Å². The van der Waals surface area contributed by atoms with Crippen molar-refractivity contribution in [2.24, 2.45) is 0 Å². The van der Waals surface area contributed by atoms with E-state index in [0.717, 1.165) is 6.07 Å². The maximum atomic E-state index is 13.6. The van der Waals surface area contributed by atoms with E-state index in [0.29, 0.717) is 23.1 Å². The minimum atomic E-state index is -0.833. The average Bonchev–Trinajstić information content (AvgIpc) is 2.58. The molecule has 0 aliphatic heterocycles. The number of carbonyl (C=O) groups excluding carboxylic acids is 1. The number of hydrogen-bond acceptors (Lipinski definition) is 2. The van der Waals surface area contributed by atoms with Crippen LogP contribution in [0, 0.1) is 11.6 Å². The van der Waals surface area contributed by atoms with Gasteiger partial charge in [-0.3, -0.25) is 4.79 Å². The second-order valence-corrected chi connectivity index (χ2v) is 5.02. The van der Waals surface area contributed by atoms with Crippen LogP contribution in [0.25, 0.3) is 0 Å². The van der Waals surface area contributed by atoms with E-state index in [2.05, 4.69) is 5.32 Å². The monoisotopic (exact) mass is 325 g/mol. The van der Waals surface area contributed by atoms with Crippen LogP contribution in [-0.2, 0) is 0 Å². The number of nitrogens with one attached hydrogen (secondary N) is 1. The molecule has 0 fully saturated rings. The second-order valence-electron chi connectivity index (χ2n) is 5.02. The Morgan fingerprint density at radius 3 is 2.33 bits per heavy atom. The molecule has 0 saturated carbocycles. The van der Waals surface area contributed by atoms with E-state index >= 15 is 0 Å². The van der Waals surface area contributed by atoms with E-state index in [1.807, 2.05) is 18.2 Å². The van der Waals surface area contributed by atoms with Crippen LogP contribution >= 0.6 is 0 Å². The van der Waals surface area contributed by atoms with E-state index in [9.17, 15) is 13.6 Å². The molecular formula is C19H13F2NO2. The fourth-order valence-corrected chi connectivity index (χ4v) is 2.11. The van der Waals surface area contributed by atoms with Crippen molar-refractivity contribution in [3.8, 4) is 11.5 Å². The standard InChI is InChI=1S/C19H13F2NO2/c20-14-9-10-18(17(21)12-14)22-19(23)13-5-4-8-16(11-13)24-15-6-2-1-3-7-15/h1-12H,(H,22,23). The molecule has 3 rings (SSSR count). The van der Waals surface area contributed by atoms with Crippen LogP contribution in [0.5, 0.6) is 11.5 Å². The molecule has 0 bridgehead atoms. The summed E-state index contributed by atoms with van der Waals surface area (Å²) in [6, 6.07) is 18.6. The van der Waals surface area contributed by atoms with E-state index in [-0.39, 0.29) is 5.69 Å². The number of carbonyl (C=O) groups is 1. The van der Waals surface area contributed by atoms with Crippen LogP contribution in [0.15, 0.2) is 72.8 Å². The summed E-state index contributed by atoms with van der Waals surface area (Å²) in [5.41, 5.74) is 0.211. The molecule has 120 valence electrons. The molecule has 0 atom stereocenters. The summed E-state index contributed by atoms with van der Waals surface area (Å²) in [5.74, 6) is -0.934. The third kappa shape index (κ3) is 3.76. The summed E-state index contributed by atoms with van der Waals surface area (Å²) in [4.78, 5) is 12.2. The molecule has 3 aromatic rings. The third-order valence-corrected chi connectivity index (χ3v) is 3.25. The number of amides is 1. The molecule has 0 aliphatic rings. The van der Waals surface area contributed by atoms with Crippen molar-refractivity contribution in [2.45, 2.75) is 0 Å². The highest BCUT2D eigenvalue weighted by Crippen LogP contribution is 2.23. The largest absolute Gasteiger partial charge is 0.457 e. The molecule has 0 aliphatic carbocycles. The van der Waals surface area contributed by atoms with Crippen LogP contribution in [-0.4, -0.2) is 5.91 Å². The first-order valence-electron chi connectivity index (χ1n) is 7.21. The summed E-state index contributed by atoms with van der Waals surface area (Å²) in [6.45, 7) is 0. The van der Waals surface area contributed by atoms with Crippen molar-refractivity contribution in [1.29, 1.82) is 0 Å². The van der Waals surface area contributed by atoms with E-state index < -0.39 is 17.5 Å². The number of rotatable bonds is 4. The molecule has 3 nitrogen and oxygen atoms in total. The molecule has 0 aromatic heterocycles. The number of hydrogen-bond donors (Lipinski definition) is 1. The SMILES string of the molecule is O=C(Nc1ccc(F)cc1F)c1cccc(Oc2ccccc2)c1. The van der Waals surface area contributed by atoms with Crippen LogP contribution in [0.3, 0.4) is 0 Å². The van der Waals surface area contributed by atoms with Gasteiger partial charge in [-0.05, 0) is 42.5 Å². The highest BCUT2D eigenvalue weighted by atomic mass is 19.1. The molecule has 5 heteroatoms. The van der Waals surface area contributed by atoms with Gasteiger partial charge < -0.3 is 10.1 Å². The van der Waals surface area contributed by atoms with Gasteiger partial charge in [-0.2, -0.15) is 0 Å². The fraction of sp³-hybridized carbons (Fsp3) is 0. The summed E-state index contributed by atoms with van der Waals surface area (Å²) in [5, 5.41) is 2.41. The minimum absolute atomic E-state index is 0.0872. The van der Waals surface area contributed by atoms with Crippen molar-refractivity contribution < 1.29 is 18.3 Å². The van der Waals surface area contributed by atoms with Gasteiger partial charge in [0.2, 0.25) is 0 Å². The molecule has 0 heterocycles. The Kier molecular flexibility index (Phi) is 4.52. The number of halogens is 2. The molecule has 0 radical (unpaired) electrons. The molecule has 1 N–H and O–H groups in total. The highest BCUT2D eigenvalue weighted by Gasteiger charge is 2.11. The van der Waals surface area contributed by atoms with Gasteiger partial charge >= 0.3 is 0 Å². The summed E-state index contributed by atoms with van der Waals surface area (Å²) >= 11 is 0. The maximum absolute atomic E-state index is 13.6. The van der Waals surface area contributed by atoms with Crippen molar-refractivity contribution in [3.63, 3.8) is 0 Å². The Bertz CT molecular complexity index is 866. The number of benzene rings is 3. The first-order valence-corrected chi connectivity index (χ1v) is 7.21. The maximum Gasteiger partial charge on any atom is 0.255 e. The zero-order valence-corrected chi connectivity index (χ0v) is 12.5. The lowest BCUT2D eigenvalue weighted by molar-refractivity contribution is 0.102. The topological polar surface area (TPSA) is 38.3 Å². The van der Waals surface area contributed by atoms with Gasteiger partial charge in [0.15, 0.2) is 0 Å². The van der Waals surface area contributed by atoms with Crippen molar-refractivity contribution >= 4 is 11.6 Å². The zero-order valence-electron chi connectivity index (χ0n) is 12.5. The molecule has 0 unspecified atom stereocenters. The lowest BCUT2D eigenvalue weighted by atomic mass is 10.2. The lowest BCUT2D eigenvalue weighted by Crippen LogP contribution is -2.13. The van der Waals surface area contributed by atoms with Crippen LogP contribution in [0.2, 0.25) is 0 Å². The van der Waals surface area contributed by atoms with Gasteiger partial charge in [0.1, 0.15) is 23.1 Å².